The SMILES string of the molecule is COc1ccc(Cl)cc1NC(=O)CN(C)C(C)C(=O)Nc1ccc(C(F)(F)F)cc1. The van der Waals surface area contributed by atoms with E-state index in [0.29, 0.717) is 16.5 Å². The molecule has 2 N–H and O–H groups in total. The van der Waals surface area contributed by atoms with Gasteiger partial charge in [-0.05, 0) is 56.4 Å². The number of rotatable bonds is 7. The van der Waals surface area contributed by atoms with E-state index < -0.39 is 29.6 Å². The van der Waals surface area contributed by atoms with Crippen LogP contribution in [0.3, 0.4) is 0 Å². The van der Waals surface area contributed by atoms with Gasteiger partial charge in [0.25, 0.3) is 0 Å². The number of hydrogen-bond donors (Lipinski definition) is 2. The van der Waals surface area contributed by atoms with E-state index in [0.717, 1.165) is 12.1 Å². The van der Waals surface area contributed by atoms with E-state index >= 15 is 0 Å². The van der Waals surface area contributed by atoms with Gasteiger partial charge in [-0.25, -0.2) is 0 Å². The Morgan fingerprint density at radius 1 is 1.13 bits per heavy atom. The van der Waals surface area contributed by atoms with E-state index in [1.54, 1.807) is 32.2 Å². The van der Waals surface area contributed by atoms with Gasteiger partial charge in [-0.2, -0.15) is 13.2 Å². The molecule has 0 fully saturated rings. The number of anilines is 2. The van der Waals surface area contributed by atoms with Crippen LogP contribution in [0.4, 0.5) is 24.5 Å². The van der Waals surface area contributed by atoms with Crippen molar-refractivity contribution in [3.8, 4) is 5.75 Å². The number of hydrogen-bond acceptors (Lipinski definition) is 4. The van der Waals surface area contributed by atoms with Crippen molar-refractivity contribution in [2.75, 3.05) is 31.3 Å². The van der Waals surface area contributed by atoms with Gasteiger partial charge in [-0.3, -0.25) is 14.5 Å². The molecule has 0 heterocycles. The Kier molecular flexibility index (Phi) is 7.69. The van der Waals surface area contributed by atoms with E-state index in [9.17, 15) is 22.8 Å². The molecule has 1 atom stereocenters. The van der Waals surface area contributed by atoms with Gasteiger partial charge in [-0.15, -0.1) is 0 Å². The van der Waals surface area contributed by atoms with Gasteiger partial charge < -0.3 is 15.4 Å². The molecule has 1 unspecified atom stereocenters. The number of carbonyl (C=O) groups is 2. The van der Waals surface area contributed by atoms with E-state index in [1.165, 1.54) is 24.1 Å². The van der Waals surface area contributed by atoms with E-state index in [-0.39, 0.29) is 12.2 Å². The van der Waals surface area contributed by atoms with Crippen molar-refractivity contribution in [3.05, 3.63) is 53.1 Å². The van der Waals surface area contributed by atoms with Crippen molar-refractivity contribution in [2.24, 2.45) is 0 Å². The molecular formula is C20H21ClF3N3O3. The summed E-state index contributed by atoms with van der Waals surface area (Å²) in [6.45, 7) is 1.46. The molecule has 2 amide bonds. The van der Waals surface area contributed by atoms with Gasteiger partial charge >= 0.3 is 6.18 Å². The Balaban J connectivity index is 1.94. The second-order valence-electron chi connectivity index (χ2n) is 6.55. The van der Waals surface area contributed by atoms with Crippen LogP contribution in [0.1, 0.15) is 12.5 Å². The third kappa shape index (κ3) is 6.36. The number of alkyl halides is 3. The average Bonchev–Trinajstić information content (AvgIpc) is 2.67. The van der Waals surface area contributed by atoms with E-state index in [1.807, 2.05) is 0 Å². The molecule has 0 aliphatic rings. The third-order valence-corrected chi connectivity index (χ3v) is 4.58. The van der Waals surface area contributed by atoms with Gasteiger partial charge in [0.1, 0.15) is 5.75 Å². The van der Waals surface area contributed by atoms with Crippen LogP contribution in [-0.2, 0) is 15.8 Å². The lowest BCUT2D eigenvalue weighted by Crippen LogP contribution is -2.43. The molecule has 0 radical (unpaired) electrons. The summed E-state index contributed by atoms with van der Waals surface area (Å²) < 4.78 is 43.0. The largest absolute Gasteiger partial charge is 0.495 e. The van der Waals surface area contributed by atoms with Crippen LogP contribution in [0.15, 0.2) is 42.5 Å². The van der Waals surface area contributed by atoms with Gasteiger partial charge in [0.15, 0.2) is 0 Å². The van der Waals surface area contributed by atoms with Crippen LogP contribution < -0.4 is 15.4 Å². The van der Waals surface area contributed by atoms with Crippen molar-refractivity contribution in [1.29, 1.82) is 0 Å². The summed E-state index contributed by atoms with van der Waals surface area (Å²) in [6.07, 6.45) is -4.45. The first-order valence-electron chi connectivity index (χ1n) is 8.83. The first-order valence-corrected chi connectivity index (χ1v) is 9.21. The number of nitrogens with zero attached hydrogens (tertiary/aromatic N) is 1. The van der Waals surface area contributed by atoms with Crippen LogP contribution >= 0.6 is 11.6 Å². The molecule has 2 rings (SSSR count). The number of halogens is 4. The highest BCUT2D eigenvalue weighted by Gasteiger charge is 2.30. The van der Waals surface area contributed by atoms with Crippen LogP contribution in [0, 0.1) is 0 Å². The second kappa shape index (κ2) is 9.82. The van der Waals surface area contributed by atoms with Crippen LogP contribution in [0.5, 0.6) is 5.75 Å². The Labute approximate surface area is 177 Å². The summed E-state index contributed by atoms with van der Waals surface area (Å²) in [4.78, 5) is 26.2. The zero-order valence-electron chi connectivity index (χ0n) is 16.5. The lowest BCUT2D eigenvalue weighted by atomic mass is 10.2. The van der Waals surface area contributed by atoms with Gasteiger partial charge in [0.05, 0.1) is 30.9 Å². The fourth-order valence-electron chi connectivity index (χ4n) is 2.52. The van der Waals surface area contributed by atoms with Crippen molar-refractivity contribution >= 4 is 34.8 Å². The maximum Gasteiger partial charge on any atom is 0.416 e. The standard InChI is InChI=1S/C20H21ClF3N3O3/c1-12(19(29)25-15-7-4-13(5-8-15)20(22,23)24)27(2)11-18(28)26-16-10-14(21)6-9-17(16)30-3/h4-10,12H,11H2,1-3H3,(H,25,29)(H,26,28). The topological polar surface area (TPSA) is 70.7 Å². The maximum atomic E-state index is 12.6. The maximum absolute atomic E-state index is 12.6. The lowest BCUT2D eigenvalue weighted by molar-refractivity contribution is -0.137. The number of amides is 2. The van der Waals surface area contributed by atoms with Crippen LogP contribution in [0.2, 0.25) is 5.02 Å². The quantitative estimate of drug-likeness (QED) is 0.670. The number of methoxy groups -OCH3 is 1. The Morgan fingerprint density at radius 2 is 1.77 bits per heavy atom. The summed E-state index contributed by atoms with van der Waals surface area (Å²) in [7, 11) is 3.03. The highest BCUT2D eigenvalue weighted by Crippen LogP contribution is 2.30. The fourth-order valence-corrected chi connectivity index (χ4v) is 2.69. The minimum Gasteiger partial charge on any atom is -0.495 e. The third-order valence-electron chi connectivity index (χ3n) is 4.35. The minimum absolute atomic E-state index is 0.114. The van der Waals surface area contributed by atoms with E-state index in [4.69, 9.17) is 16.3 Å². The summed E-state index contributed by atoms with van der Waals surface area (Å²) >= 11 is 5.93. The number of ether oxygens (including phenoxy) is 1. The zero-order chi connectivity index (χ0) is 22.5. The molecule has 0 saturated carbocycles. The Bertz CT molecular complexity index is 904. The molecule has 0 aromatic heterocycles. The normalized spacial score (nSPS) is 12.4. The molecule has 0 aliphatic carbocycles. The molecule has 6 nitrogen and oxygen atoms in total. The first-order chi connectivity index (χ1) is 14.0. The van der Waals surface area contributed by atoms with Gasteiger partial charge in [-0.1, -0.05) is 11.6 Å². The van der Waals surface area contributed by atoms with Crippen molar-refractivity contribution in [3.63, 3.8) is 0 Å². The molecular weight excluding hydrogens is 423 g/mol. The fraction of sp³-hybridized carbons (Fsp3) is 0.300. The molecule has 0 bridgehead atoms. The van der Waals surface area contributed by atoms with Crippen LogP contribution in [0.25, 0.3) is 0 Å². The zero-order valence-corrected chi connectivity index (χ0v) is 17.3. The molecule has 30 heavy (non-hydrogen) atoms. The highest BCUT2D eigenvalue weighted by atomic mass is 35.5. The highest BCUT2D eigenvalue weighted by molar-refractivity contribution is 6.31. The monoisotopic (exact) mass is 443 g/mol. The number of likely N-dealkylation sites (N-methyl/N-ethyl adjacent to an activating group) is 1. The molecule has 2 aromatic rings. The minimum atomic E-state index is -4.45. The molecule has 2 aromatic carbocycles. The molecule has 0 saturated heterocycles. The summed E-state index contributed by atoms with van der Waals surface area (Å²) in [6, 6.07) is 8.17. The van der Waals surface area contributed by atoms with Crippen molar-refractivity contribution in [2.45, 2.75) is 19.1 Å². The molecule has 0 aliphatic heterocycles. The summed E-state index contributed by atoms with van der Waals surface area (Å²) in [5.41, 5.74) is -0.189. The van der Waals surface area contributed by atoms with Crippen LogP contribution in [-0.4, -0.2) is 43.5 Å². The molecule has 0 spiro atoms. The van der Waals surface area contributed by atoms with Crippen molar-refractivity contribution in [1.82, 2.24) is 4.90 Å². The Hall–Kier alpha value is -2.78. The van der Waals surface area contributed by atoms with Gasteiger partial charge in [0.2, 0.25) is 11.8 Å². The number of nitrogens with one attached hydrogen (secondary N) is 2. The van der Waals surface area contributed by atoms with Gasteiger partial charge in [0, 0.05) is 10.7 Å². The summed E-state index contributed by atoms with van der Waals surface area (Å²) in [5, 5.41) is 5.62. The second-order valence-corrected chi connectivity index (χ2v) is 6.98. The smallest absolute Gasteiger partial charge is 0.416 e. The first kappa shape index (κ1) is 23.5. The predicted octanol–water partition coefficient (Wildman–Crippen LogP) is 4.26. The van der Waals surface area contributed by atoms with E-state index in [2.05, 4.69) is 10.6 Å². The lowest BCUT2D eigenvalue weighted by Gasteiger charge is -2.23. The number of benzene rings is 2. The average molecular weight is 444 g/mol. The number of carbonyl (C=O) groups excluding carboxylic acids is 2. The molecule has 162 valence electrons. The summed E-state index contributed by atoms with van der Waals surface area (Å²) in [5.74, 6) is -0.430. The predicted molar refractivity (Wildman–Crippen MR) is 109 cm³/mol. The molecule has 10 heteroatoms. The Morgan fingerprint density at radius 3 is 2.33 bits per heavy atom. The van der Waals surface area contributed by atoms with Crippen molar-refractivity contribution < 1.29 is 27.5 Å².